The van der Waals surface area contributed by atoms with Crippen molar-refractivity contribution in [1.29, 1.82) is 0 Å². The van der Waals surface area contributed by atoms with E-state index in [0.717, 1.165) is 12.8 Å². The van der Waals surface area contributed by atoms with E-state index in [1.165, 1.54) is 91.5 Å². The zero-order valence-electron chi connectivity index (χ0n) is 31.0. The zero-order chi connectivity index (χ0) is 33.9. The molecule has 2 aliphatic rings. The summed E-state index contributed by atoms with van der Waals surface area (Å²) in [5.74, 6) is 0.573. The first kappa shape index (κ1) is 42.1. The molecule has 0 amide bonds. The molecule has 2 aliphatic carbocycles. The first-order chi connectivity index (χ1) is 21.6. The van der Waals surface area contributed by atoms with Crippen LogP contribution in [0.25, 0.3) is 21.9 Å². The van der Waals surface area contributed by atoms with Crippen molar-refractivity contribution in [2.45, 2.75) is 106 Å². The number of hydrogen-bond donors (Lipinski definition) is 0. The Morgan fingerprint density at radius 3 is 1.96 bits per heavy atom. The topological polar surface area (TPSA) is 0 Å². The Bertz CT molecular complexity index is 1690. The average Bonchev–Trinajstić information content (AvgIpc) is 3.61. The van der Waals surface area contributed by atoms with E-state index >= 15 is 0 Å². The van der Waals surface area contributed by atoms with Crippen LogP contribution in [0.1, 0.15) is 117 Å². The van der Waals surface area contributed by atoms with Gasteiger partial charge in [-0.3, -0.25) is 6.08 Å². The summed E-state index contributed by atoms with van der Waals surface area (Å²) in [6.07, 6.45) is 9.31. The Balaban J connectivity index is 0.000000259. The maximum atomic E-state index is 3.67. The van der Waals surface area contributed by atoms with Crippen molar-refractivity contribution in [2.75, 3.05) is 0 Å². The fraction of sp³-hybridized carbons (Fsp3) is 0.400. The molecule has 4 aromatic carbocycles. The van der Waals surface area contributed by atoms with Gasteiger partial charge in [0, 0.05) is 0 Å². The fourth-order valence-electron chi connectivity index (χ4n) is 6.26. The van der Waals surface area contributed by atoms with Crippen LogP contribution in [0.4, 0.5) is 0 Å². The maximum absolute atomic E-state index is 3.67. The molecule has 0 saturated heterocycles. The van der Waals surface area contributed by atoms with E-state index < -0.39 is 0 Å². The molecule has 0 saturated carbocycles. The van der Waals surface area contributed by atoms with Gasteiger partial charge in [0.25, 0.3) is 0 Å². The van der Waals surface area contributed by atoms with Crippen molar-refractivity contribution in [2.24, 2.45) is 11.3 Å². The van der Waals surface area contributed by atoms with Gasteiger partial charge < -0.3 is 24.8 Å². The van der Waals surface area contributed by atoms with Crippen LogP contribution in [0.3, 0.4) is 0 Å². The number of hydrogen-bond acceptors (Lipinski definition) is 0. The minimum absolute atomic E-state index is 0. The molecule has 3 heteroatoms. The van der Waals surface area contributed by atoms with E-state index in [4.69, 9.17) is 0 Å². The monoisotopic (exact) mass is 754 g/mol. The molecule has 0 spiro atoms. The van der Waals surface area contributed by atoms with Gasteiger partial charge in [-0.05, 0) is 28.4 Å². The number of benzene rings is 4. The molecule has 0 heterocycles. The number of fused-ring (bicyclic) bond motifs is 4. The quantitative estimate of drug-likeness (QED) is 0.189. The molecule has 0 bridgehead atoms. The van der Waals surface area contributed by atoms with Gasteiger partial charge >= 0.3 is 86.7 Å². The molecule has 6 rings (SSSR count). The molecular weight excluding hydrogens is 703 g/mol. The first-order valence-electron chi connectivity index (χ1n) is 17.1. The molecule has 1 atom stereocenters. The third-order valence-electron chi connectivity index (χ3n) is 9.10. The first-order valence-corrected chi connectivity index (χ1v) is 18.5. The summed E-state index contributed by atoms with van der Waals surface area (Å²) < 4.78 is 2.23. The van der Waals surface area contributed by atoms with Gasteiger partial charge in [0.2, 0.25) is 0 Å². The van der Waals surface area contributed by atoms with E-state index in [2.05, 4.69) is 171 Å². The molecule has 48 heavy (non-hydrogen) atoms. The number of rotatable bonds is 3. The third-order valence-corrected chi connectivity index (χ3v) is 9.86. The van der Waals surface area contributed by atoms with Crippen LogP contribution in [-0.4, -0.2) is 3.71 Å². The van der Waals surface area contributed by atoms with Crippen LogP contribution in [0.5, 0.6) is 0 Å². The van der Waals surface area contributed by atoms with E-state index in [1.54, 1.807) is 0 Å². The number of allylic oxidation sites excluding steroid dienone is 4. The molecular formula is C45H54Cl2Zr-2. The van der Waals surface area contributed by atoms with Crippen LogP contribution >= 0.6 is 0 Å². The average molecular weight is 757 g/mol. The van der Waals surface area contributed by atoms with Gasteiger partial charge in [-0.1, -0.05) is 124 Å². The predicted octanol–water partition coefficient (Wildman–Crippen LogP) is 6.34. The van der Waals surface area contributed by atoms with E-state index in [0.29, 0.717) is 11.3 Å². The van der Waals surface area contributed by atoms with E-state index in [9.17, 15) is 0 Å². The normalized spacial score (nSPS) is 14.9. The molecule has 0 aromatic heterocycles. The Labute approximate surface area is 320 Å². The summed E-state index contributed by atoms with van der Waals surface area (Å²) in [6, 6.07) is 30.1. The molecule has 1 unspecified atom stereocenters. The summed E-state index contributed by atoms with van der Waals surface area (Å²) in [4.78, 5) is 0. The summed E-state index contributed by atoms with van der Waals surface area (Å²) in [5.41, 5.74) is 13.3. The third kappa shape index (κ3) is 10.2. The van der Waals surface area contributed by atoms with Crippen LogP contribution in [-0.2, 0) is 41.5 Å². The molecule has 254 valence electrons. The van der Waals surface area contributed by atoms with Crippen molar-refractivity contribution in [3.63, 3.8) is 0 Å². The fourth-order valence-corrected chi connectivity index (χ4v) is 6.88. The van der Waals surface area contributed by atoms with Gasteiger partial charge in [0.05, 0.1) is 0 Å². The van der Waals surface area contributed by atoms with Crippen LogP contribution in [0, 0.1) is 23.5 Å². The van der Waals surface area contributed by atoms with Gasteiger partial charge in [-0.2, -0.15) is 35.4 Å². The van der Waals surface area contributed by atoms with Gasteiger partial charge in [-0.25, -0.2) is 5.57 Å². The standard InChI is InChI=1S/C21H25.C13H21.C11H8.2ClH.Zr/c1-20(2,3)16-7-9-18-14(12-16)11-15-13-17(21(4,5)6)8-10-19(15)18;1-6-10-8-11(7-2)12(9-10)13(3,4)5;1-9-5-4-7-10-6-2-3-8-11(9)10;;;/h7-10,12H,11H2,1-6H3;9-10H,6-7H2,1-5H3;1-8H;2*1H;/q2*-1;;;;+2/p-2. The van der Waals surface area contributed by atoms with E-state index in [-0.39, 0.29) is 35.6 Å². The second-order valence-corrected chi connectivity index (χ2v) is 16.6. The van der Waals surface area contributed by atoms with Crippen molar-refractivity contribution >= 4 is 14.5 Å². The Morgan fingerprint density at radius 1 is 0.750 bits per heavy atom. The molecule has 0 fully saturated rings. The summed E-state index contributed by atoms with van der Waals surface area (Å²) in [7, 11) is 0. The van der Waals surface area contributed by atoms with Crippen LogP contribution in [0.15, 0.2) is 90.0 Å². The molecule has 4 aromatic rings. The van der Waals surface area contributed by atoms with Crippen molar-refractivity contribution in [3.05, 3.63) is 130 Å². The SMILES string of the molecule is CC(C)(C)c1[c-]c2c(cc1)-c1ccc(C(C)(C)C)cc1C2.CCC1=[C-]C(CC)C=C1C(C)(C)C.[Cl-].[Cl-].[Zr+2]=[CH]c1cccc2ccccc12. The Morgan fingerprint density at radius 2 is 1.40 bits per heavy atom. The van der Waals surface area contributed by atoms with Crippen molar-refractivity contribution in [1.82, 2.24) is 0 Å². The van der Waals surface area contributed by atoms with E-state index in [1.807, 2.05) is 0 Å². The number of halogens is 2. The van der Waals surface area contributed by atoms with Gasteiger partial charge in [0.15, 0.2) is 0 Å². The second kappa shape index (κ2) is 17.3. The summed E-state index contributed by atoms with van der Waals surface area (Å²) >= 11 is 1.46. The van der Waals surface area contributed by atoms with Gasteiger partial charge in [0.1, 0.15) is 0 Å². The Kier molecular flexibility index (Phi) is 15.1. The molecule has 0 N–H and O–H groups in total. The minimum atomic E-state index is 0. The van der Waals surface area contributed by atoms with Crippen LogP contribution in [0.2, 0.25) is 0 Å². The van der Waals surface area contributed by atoms with Crippen LogP contribution < -0.4 is 24.8 Å². The second-order valence-electron chi connectivity index (χ2n) is 15.8. The summed E-state index contributed by atoms with van der Waals surface area (Å²) in [6.45, 7) is 24.9. The molecule has 0 nitrogen and oxygen atoms in total. The van der Waals surface area contributed by atoms with Crippen molar-refractivity contribution in [3.8, 4) is 11.1 Å². The van der Waals surface area contributed by atoms with Gasteiger partial charge in [-0.15, -0.1) is 11.1 Å². The summed E-state index contributed by atoms with van der Waals surface area (Å²) in [5, 5.41) is 2.69. The zero-order valence-corrected chi connectivity index (χ0v) is 35.0. The molecule has 0 aliphatic heterocycles. The Hall–Kier alpha value is -2.05. The predicted molar refractivity (Wildman–Crippen MR) is 198 cm³/mol. The van der Waals surface area contributed by atoms with Crippen molar-refractivity contribution < 1.29 is 49.0 Å². The molecule has 0 radical (unpaired) electrons.